The topological polar surface area (TPSA) is 81.0 Å². The Morgan fingerprint density at radius 2 is 2.22 bits per heavy atom. The van der Waals surface area contributed by atoms with Crippen LogP contribution < -0.4 is 5.32 Å². The quantitative estimate of drug-likeness (QED) is 0.505. The molecule has 1 aromatic heterocycles. The Labute approximate surface area is 110 Å². The third-order valence-electron chi connectivity index (χ3n) is 3.23. The van der Waals surface area contributed by atoms with E-state index in [4.69, 9.17) is 11.6 Å². The van der Waals surface area contributed by atoms with Crippen molar-refractivity contribution in [3.63, 3.8) is 0 Å². The molecule has 1 saturated carbocycles. The van der Waals surface area contributed by atoms with E-state index in [0.717, 1.165) is 5.92 Å². The van der Waals surface area contributed by atoms with E-state index in [1.165, 1.54) is 12.8 Å². The molecule has 2 rings (SSSR count). The number of nitrogens with zero attached hydrogens (tertiary/aromatic N) is 3. The number of hydrogen-bond acceptors (Lipinski definition) is 5. The van der Waals surface area contributed by atoms with Gasteiger partial charge in [0, 0.05) is 6.54 Å². The van der Waals surface area contributed by atoms with E-state index in [1.807, 2.05) is 0 Å². The zero-order chi connectivity index (χ0) is 13.3. The molecule has 6 nitrogen and oxygen atoms in total. The van der Waals surface area contributed by atoms with Crippen LogP contribution in [-0.2, 0) is 0 Å². The zero-order valence-corrected chi connectivity index (χ0v) is 11.1. The van der Waals surface area contributed by atoms with Crippen LogP contribution in [0.15, 0.2) is 0 Å². The van der Waals surface area contributed by atoms with Crippen molar-refractivity contribution in [1.82, 2.24) is 9.97 Å². The third kappa shape index (κ3) is 2.87. The number of halogens is 1. The van der Waals surface area contributed by atoms with Crippen LogP contribution >= 0.6 is 11.6 Å². The smallest absolute Gasteiger partial charge is 0.332 e. The molecule has 0 radical (unpaired) electrons. The minimum atomic E-state index is -0.476. The van der Waals surface area contributed by atoms with E-state index in [2.05, 4.69) is 22.2 Å². The van der Waals surface area contributed by atoms with Crippen LogP contribution in [0.3, 0.4) is 0 Å². The summed E-state index contributed by atoms with van der Waals surface area (Å²) >= 11 is 5.73. The summed E-state index contributed by atoms with van der Waals surface area (Å²) in [5.74, 6) is 1.43. The number of rotatable bonds is 5. The molecule has 1 aliphatic rings. The van der Waals surface area contributed by atoms with Crippen LogP contribution in [0.5, 0.6) is 0 Å². The van der Waals surface area contributed by atoms with Gasteiger partial charge >= 0.3 is 5.69 Å². The summed E-state index contributed by atoms with van der Waals surface area (Å²) < 4.78 is 0. The Morgan fingerprint density at radius 3 is 2.78 bits per heavy atom. The molecule has 1 unspecified atom stereocenters. The van der Waals surface area contributed by atoms with Gasteiger partial charge in [0.15, 0.2) is 0 Å². The van der Waals surface area contributed by atoms with Gasteiger partial charge in [-0.2, -0.15) is 4.98 Å². The molecule has 7 heteroatoms. The van der Waals surface area contributed by atoms with Crippen LogP contribution in [0, 0.1) is 28.9 Å². The lowest BCUT2D eigenvalue weighted by atomic mass is 10.1. The van der Waals surface area contributed by atoms with E-state index in [1.54, 1.807) is 6.92 Å². The van der Waals surface area contributed by atoms with Crippen molar-refractivity contribution in [3.8, 4) is 0 Å². The fourth-order valence-electron chi connectivity index (χ4n) is 1.96. The molecule has 1 atom stereocenters. The van der Waals surface area contributed by atoms with E-state index in [-0.39, 0.29) is 22.5 Å². The zero-order valence-electron chi connectivity index (χ0n) is 10.3. The summed E-state index contributed by atoms with van der Waals surface area (Å²) in [6.45, 7) is 4.35. The van der Waals surface area contributed by atoms with E-state index in [9.17, 15) is 10.1 Å². The standard InChI is InChI=1S/C11H15ClN4O2/c1-6(8-3-4-8)5-13-10-9(16(17)18)7(2)14-11(12)15-10/h6,8H,3-5H2,1-2H3,(H,13,14,15). The molecule has 0 spiro atoms. The van der Waals surface area contributed by atoms with Crippen molar-refractivity contribution in [2.75, 3.05) is 11.9 Å². The second-order valence-electron chi connectivity index (χ2n) is 4.73. The molecule has 0 saturated heterocycles. The van der Waals surface area contributed by atoms with E-state index in [0.29, 0.717) is 12.5 Å². The Balaban J connectivity index is 2.16. The molecule has 0 bridgehead atoms. The Bertz CT molecular complexity index is 476. The lowest BCUT2D eigenvalue weighted by molar-refractivity contribution is -0.385. The molecular weight excluding hydrogens is 256 g/mol. The third-order valence-corrected chi connectivity index (χ3v) is 3.40. The fraction of sp³-hybridized carbons (Fsp3) is 0.636. The van der Waals surface area contributed by atoms with Gasteiger partial charge < -0.3 is 5.32 Å². The maximum Gasteiger partial charge on any atom is 0.332 e. The number of aryl methyl sites for hydroxylation is 1. The molecule has 1 aliphatic carbocycles. The predicted octanol–water partition coefficient (Wildman–Crippen LogP) is 2.80. The van der Waals surface area contributed by atoms with E-state index < -0.39 is 4.92 Å². The number of aromatic nitrogens is 2. The Morgan fingerprint density at radius 1 is 1.56 bits per heavy atom. The summed E-state index contributed by atoms with van der Waals surface area (Å²) in [4.78, 5) is 18.2. The molecular formula is C11H15ClN4O2. The van der Waals surface area contributed by atoms with Crippen molar-refractivity contribution in [2.24, 2.45) is 11.8 Å². The SMILES string of the molecule is Cc1nc(Cl)nc(NCC(C)C2CC2)c1[N+](=O)[O-]. The average molecular weight is 271 g/mol. The molecule has 0 amide bonds. The highest BCUT2D eigenvalue weighted by Crippen LogP contribution is 2.37. The summed E-state index contributed by atoms with van der Waals surface area (Å²) in [5.41, 5.74) is 0.184. The van der Waals surface area contributed by atoms with Crippen molar-refractivity contribution in [1.29, 1.82) is 0 Å². The maximum absolute atomic E-state index is 11.0. The lowest BCUT2D eigenvalue weighted by Crippen LogP contribution is -2.15. The van der Waals surface area contributed by atoms with Crippen molar-refractivity contribution < 1.29 is 4.92 Å². The maximum atomic E-state index is 11.0. The number of anilines is 1. The highest BCUT2D eigenvalue weighted by atomic mass is 35.5. The van der Waals surface area contributed by atoms with Gasteiger partial charge in [-0.05, 0) is 43.2 Å². The second kappa shape index (κ2) is 5.06. The number of hydrogen-bond donors (Lipinski definition) is 1. The molecule has 1 aromatic rings. The highest BCUT2D eigenvalue weighted by Gasteiger charge is 2.29. The summed E-state index contributed by atoms with van der Waals surface area (Å²) in [7, 11) is 0. The number of nitrogens with one attached hydrogen (secondary N) is 1. The normalized spacial score (nSPS) is 16.4. The second-order valence-corrected chi connectivity index (χ2v) is 5.07. The van der Waals surface area contributed by atoms with Crippen LogP contribution in [0.25, 0.3) is 0 Å². The summed E-state index contributed by atoms with van der Waals surface area (Å²) in [6, 6.07) is 0. The van der Waals surface area contributed by atoms with Crippen LogP contribution in [-0.4, -0.2) is 21.4 Å². The average Bonchev–Trinajstić information content (AvgIpc) is 3.07. The van der Waals surface area contributed by atoms with Gasteiger partial charge in [0.2, 0.25) is 11.1 Å². The highest BCUT2D eigenvalue weighted by molar-refractivity contribution is 6.28. The van der Waals surface area contributed by atoms with Crippen LogP contribution in [0.1, 0.15) is 25.5 Å². The lowest BCUT2D eigenvalue weighted by Gasteiger charge is -2.12. The van der Waals surface area contributed by atoms with Gasteiger partial charge in [-0.3, -0.25) is 10.1 Å². The van der Waals surface area contributed by atoms with Crippen molar-refractivity contribution >= 4 is 23.1 Å². The van der Waals surface area contributed by atoms with Crippen molar-refractivity contribution in [3.05, 3.63) is 21.1 Å². The van der Waals surface area contributed by atoms with Gasteiger partial charge in [0.25, 0.3) is 0 Å². The monoisotopic (exact) mass is 270 g/mol. The van der Waals surface area contributed by atoms with Gasteiger partial charge in [-0.15, -0.1) is 0 Å². The number of nitro groups is 1. The van der Waals surface area contributed by atoms with Crippen LogP contribution in [0.4, 0.5) is 11.5 Å². The molecule has 1 N–H and O–H groups in total. The summed E-state index contributed by atoms with van der Waals surface area (Å²) in [6.07, 6.45) is 2.49. The molecule has 98 valence electrons. The molecule has 1 fully saturated rings. The van der Waals surface area contributed by atoms with Gasteiger partial charge in [-0.1, -0.05) is 6.92 Å². The Hall–Kier alpha value is -1.43. The minimum absolute atomic E-state index is 0.0275. The van der Waals surface area contributed by atoms with Gasteiger partial charge in [-0.25, -0.2) is 4.98 Å². The molecule has 0 aromatic carbocycles. The van der Waals surface area contributed by atoms with Gasteiger partial charge in [0.1, 0.15) is 5.69 Å². The van der Waals surface area contributed by atoms with E-state index >= 15 is 0 Å². The first kappa shape index (κ1) is 13.0. The predicted molar refractivity (Wildman–Crippen MR) is 68.8 cm³/mol. The molecule has 18 heavy (non-hydrogen) atoms. The van der Waals surface area contributed by atoms with Gasteiger partial charge in [0.05, 0.1) is 4.92 Å². The summed E-state index contributed by atoms with van der Waals surface area (Å²) in [5, 5.41) is 14.0. The molecule has 0 aliphatic heterocycles. The first-order valence-corrected chi connectivity index (χ1v) is 6.29. The molecule has 1 heterocycles. The first-order chi connectivity index (χ1) is 8.49. The first-order valence-electron chi connectivity index (χ1n) is 5.91. The fourth-order valence-corrected chi connectivity index (χ4v) is 2.18. The Kier molecular flexibility index (Phi) is 3.65. The van der Waals surface area contributed by atoms with Crippen LogP contribution in [0.2, 0.25) is 5.28 Å². The van der Waals surface area contributed by atoms with Crippen molar-refractivity contribution in [2.45, 2.75) is 26.7 Å². The largest absolute Gasteiger partial charge is 0.364 e. The minimum Gasteiger partial charge on any atom is -0.364 e.